The van der Waals surface area contributed by atoms with E-state index < -0.39 is 0 Å². The molecule has 0 aromatic carbocycles. The highest BCUT2D eigenvalue weighted by Crippen LogP contribution is 2.28. The molecule has 1 aliphatic carbocycles. The van der Waals surface area contributed by atoms with Crippen LogP contribution < -0.4 is 0 Å². The van der Waals surface area contributed by atoms with Crippen molar-refractivity contribution in [2.45, 2.75) is 30.1 Å². The molecule has 0 heterocycles. The average Bonchev–Trinajstić information content (AvgIpc) is 1.57. The molecule has 0 aromatic heterocycles. The Morgan fingerprint density at radius 1 is 1.70 bits per heavy atom. The fourth-order valence-electron chi connectivity index (χ4n) is 0.877. The molecule has 0 bridgehead atoms. The van der Waals surface area contributed by atoms with Gasteiger partial charge in [-0.15, -0.1) is 0 Å². The summed E-state index contributed by atoms with van der Waals surface area (Å²) in [5.41, 5.74) is 1.03. The minimum absolute atomic E-state index is 0.204. The van der Waals surface area contributed by atoms with Crippen LogP contribution in [0.5, 0.6) is 0 Å². The normalized spacial score (nSPS) is 17.7. The van der Waals surface area contributed by atoms with E-state index in [1.807, 2.05) is 19.9 Å². The van der Waals surface area contributed by atoms with Gasteiger partial charge in [-0.1, -0.05) is 28.7 Å². The van der Waals surface area contributed by atoms with Crippen LogP contribution >= 0.6 is 22.6 Å². The van der Waals surface area contributed by atoms with E-state index in [0.29, 0.717) is 5.78 Å². The molecule has 0 aliphatic heterocycles. The first-order valence-electron chi connectivity index (χ1n) is 3.44. The van der Waals surface area contributed by atoms with Crippen molar-refractivity contribution < 1.29 is 4.79 Å². The van der Waals surface area contributed by atoms with Gasteiger partial charge in [-0.25, -0.2) is 0 Å². The number of rotatable bonds is 2. The third kappa shape index (κ3) is 1.59. The Balaban J connectivity index is 2.66. The molecule has 0 aromatic rings. The number of carbonyl (C=O) groups excluding carboxylic acids is 1. The van der Waals surface area contributed by atoms with Crippen molar-refractivity contribution in [1.29, 1.82) is 0 Å². The maximum atomic E-state index is 11.4. The molecule has 0 unspecified atom stereocenters. The van der Waals surface area contributed by atoms with E-state index in [1.54, 1.807) is 0 Å². The summed E-state index contributed by atoms with van der Waals surface area (Å²) >= 11 is 2.18. The van der Waals surface area contributed by atoms with Crippen LogP contribution in [0.1, 0.15) is 26.7 Å². The molecule has 0 saturated heterocycles. The summed E-state index contributed by atoms with van der Waals surface area (Å²) in [5.74, 6) is 0.305. The lowest BCUT2D eigenvalue weighted by atomic mass is 9.90. The monoisotopic (exact) mass is 250 g/mol. The Hall–Kier alpha value is 0.140. The summed E-state index contributed by atoms with van der Waals surface area (Å²) in [7, 11) is 0. The van der Waals surface area contributed by atoms with Crippen molar-refractivity contribution >= 4 is 28.4 Å². The lowest BCUT2D eigenvalue weighted by Gasteiger charge is -2.20. The predicted molar refractivity (Wildman–Crippen MR) is 50.4 cm³/mol. The molecule has 0 atom stereocenters. The second-order valence-corrected chi connectivity index (χ2v) is 5.77. The van der Waals surface area contributed by atoms with Gasteiger partial charge >= 0.3 is 0 Å². The molecule has 0 spiro atoms. The molecule has 2 heteroatoms. The van der Waals surface area contributed by atoms with E-state index >= 15 is 0 Å². The smallest absolute Gasteiger partial charge is 0.173 e. The minimum Gasteiger partial charge on any atom is -0.293 e. The van der Waals surface area contributed by atoms with Gasteiger partial charge in [0.05, 0.1) is 3.42 Å². The van der Waals surface area contributed by atoms with Gasteiger partial charge in [-0.05, 0) is 32.3 Å². The Morgan fingerprint density at radius 2 is 2.20 bits per heavy atom. The quantitative estimate of drug-likeness (QED) is 0.543. The highest BCUT2D eigenvalue weighted by atomic mass is 127. The number of ketones is 1. The van der Waals surface area contributed by atoms with Gasteiger partial charge < -0.3 is 0 Å². The number of hydrogen-bond acceptors (Lipinski definition) is 1. The molecule has 0 saturated carbocycles. The van der Waals surface area contributed by atoms with Gasteiger partial charge in [0.2, 0.25) is 0 Å². The molecule has 10 heavy (non-hydrogen) atoms. The molecule has 0 amide bonds. The SMILES string of the molecule is CC(C)(I)C(=O)C1=CCC1. The van der Waals surface area contributed by atoms with Crippen LogP contribution in [0.3, 0.4) is 0 Å². The fourth-order valence-corrected chi connectivity index (χ4v) is 1.22. The largest absolute Gasteiger partial charge is 0.293 e. The maximum absolute atomic E-state index is 11.4. The molecule has 0 N–H and O–H groups in total. The van der Waals surface area contributed by atoms with Crippen molar-refractivity contribution in [1.82, 2.24) is 0 Å². The van der Waals surface area contributed by atoms with Gasteiger partial charge in [0.25, 0.3) is 0 Å². The molecular formula is C8H11IO. The zero-order chi connectivity index (χ0) is 7.78. The van der Waals surface area contributed by atoms with Crippen LogP contribution in [0, 0.1) is 0 Å². The predicted octanol–water partition coefficient (Wildman–Crippen LogP) is 2.49. The topological polar surface area (TPSA) is 17.1 Å². The molecule has 1 aliphatic rings. The molecule has 0 radical (unpaired) electrons. The van der Waals surface area contributed by atoms with E-state index in [2.05, 4.69) is 22.6 Å². The number of hydrogen-bond donors (Lipinski definition) is 0. The summed E-state index contributed by atoms with van der Waals surface area (Å²) in [6.07, 6.45) is 4.11. The molecular weight excluding hydrogens is 239 g/mol. The Kier molecular flexibility index (Phi) is 2.18. The second-order valence-electron chi connectivity index (χ2n) is 3.07. The zero-order valence-corrected chi connectivity index (χ0v) is 8.44. The number of Topliss-reactive ketones (excluding diaryl/α,β-unsaturated/α-hetero) is 1. The lowest BCUT2D eigenvalue weighted by molar-refractivity contribution is -0.117. The van der Waals surface area contributed by atoms with E-state index in [1.165, 1.54) is 0 Å². The number of halogens is 1. The van der Waals surface area contributed by atoms with Crippen molar-refractivity contribution in [2.75, 3.05) is 0 Å². The average molecular weight is 250 g/mol. The molecule has 1 nitrogen and oxygen atoms in total. The first-order valence-corrected chi connectivity index (χ1v) is 4.52. The summed E-state index contributed by atoms with van der Waals surface area (Å²) in [6.45, 7) is 3.91. The molecule has 56 valence electrons. The zero-order valence-electron chi connectivity index (χ0n) is 6.28. The third-order valence-electron chi connectivity index (χ3n) is 1.64. The lowest BCUT2D eigenvalue weighted by Crippen LogP contribution is -2.27. The van der Waals surface area contributed by atoms with Crippen molar-refractivity contribution in [2.24, 2.45) is 0 Å². The third-order valence-corrected chi connectivity index (χ3v) is 2.13. The van der Waals surface area contributed by atoms with Crippen LogP contribution in [-0.2, 0) is 4.79 Å². The van der Waals surface area contributed by atoms with E-state index in [-0.39, 0.29) is 3.42 Å². The van der Waals surface area contributed by atoms with E-state index in [9.17, 15) is 4.79 Å². The van der Waals surface area contributed by atoms with Gasteiger partial charge in [0.15, 0.2) is 5.78 Å². The summed E-state index contributed by atoms with van der Waals surface area (Å²) in [5, 5.41) is 0. The first-order chi connectivity index (χ1) is 4.52. The highest BCUT2D eigenvalue weighted by Gasteiger charge is 2.28. The van der Waals surface area contributed by atoms with Crippen molar-refractivity contribution in [3.63, 3.8) is 0 Å². The van der Waals surface area contributed by atoms with E-state index in [0.717, 1.165) is 18.4 Å². The van der Waals surface area contributed by atoms with Crippen LogP contribution in [0.2, 0.25) is 0 Å². The number of allylic oxidation sites excluding steroid dienone is 2. The first kappa shape index (κ1) is 8.24. The van der Waals surface area contributed by atoms with Crippen LogP contribution in [0.15, 0.2) is 11.6 Å². The molecule has 1 rings (SSSR count). The van der Waals surface area contributed by atoms with Gasteiger partial charge in [-0.2, -0.15) is 0 Å². The standard InChI is InChI=1S/C8H11IO/c1-8(2,9)7(10)6-4-3-5-6/h4H,3,5H2,1-2H3. The van der Waals surface area contributed by atoms with Gasteiger partial charge in [-0.3, -0.25) is 4.79 Å². The molecule has 0 fully saturated rings. The summed E-state index contributed by atoms with van der Waals surface area (Å²) in [4.78, 5) is 11.4. The van der Waals surface area contributed by atoms with Crippen LogP contribution in [-0.4, -0.2) is 9.20 Å². The van der Waals surface area contributed by atoms with Gasteiger partial charge in [0.1, 0.15) is 0 Å². The van der Waals surface area contributed by atoms with Crippen molar-refractivity contribution in [3.05, 3.63) is 11.6 Å². The highest BCUT2D eigenvalue weighted by molar-refractivity contribution is 14.1. The van der Waals surface area contributed by atoms with Crippen LogP contribution in [0.25, 0.3) is 0 Å². The summed E-state index contributed by atoms with van der Waals surface area (Å²) < 4.78 is -0.204. The van der Waals surface area contributed by atoms with Gasteiger partial charge in [0, 0.05) is 0 Å². The number of carbonyl (C=O) groups is 1. The minimum atomic E-state index is -0.204. The Bertz CT molecular complexity index is 186. The number of alkyl halides is 1. The fraction of sp³-hybridized carbons (Fsp3) is 0.625. The second kappa shape index (κ2) is 2.64. The summed E-state index contributed by atoms with van der Waals surface area (Å²) in [6, 6.07) is 0. The Labute approximate surface area is 75.0 Å². The van der Waals surface area contributed by atoms with Crippen LogP contribution in [0.4, 0.5) is 0 Å². The van der Waals surface area contributed by atoms with E-state index in [4.69, 9.17) is 0 Å². The Morgan fingerprint density at radius 3 is 2.30 bits per heavy atom. The maximum Gasteiger partial charge on any atom is 0.173 e. The van der Waals surface area contributed by atoms with Crippen molar-refractivity contribution in [3.8, 4) is 0 Å².